The van der Waals surface area contributed by atoms with E-state index >= 15 is 0 Å². The molecule has 0 saturated heterocycles. The molecule has 134 valence electrons. The number of thioether (sulfide) groups is 1. The molecule has 0 radical (unpaired) electrons. The predicted octanol–water partition coefficient (Wildman–Crippen LogP) is 3.19. The number of hydrogen-bond acceptors (Lipinski definition) is 7. The summed E-state index contributed by atoms with van der Waals surface area (Å²) in [5.74, 6) is -0.611. The second-order valence-electron chi connectivity index (χ2n) is 5.14. The van der Waals surface area contributed by atoms with Crippen LogP contribution in [0.1, 0.15) is 25.5 Å². The van der Waals surface area contributed by atoms with E-state index in [2.05, 4.69) is 31.0 Å². The lowest BCUT2D eigenvalue weighted by Crippen LogP contribution is -2.31. The molecule has 1 atom stereocenters. The maximum absolute atomic E-state index is 12.4. The van der Waals surface area contributed by atoms with Gasteiger partial charge in [0.25, 0.3) is 0 Å². The number of rotatable bonds is 5. The third kappa shape index (κ3) is 5.09. The molecule has 0 unspecified atom stereocenters. The fourth-order valence-corrected chi connectivity index (χ4v) is 3.49. The Hall–Kier alpha value is -1.80. The van der Waals surface area contributed by atoms with Crippen LogP contribution >= 0.6 is 27.7 Å². The summed E-state index contributed by atoms with van der Waals surface area (Å²) in [6.45, 7) is 3.85. The average Bonchev–Trinajstić information content (AvgIpc) is 2.59. The first kappa shape index (κ1) is 19.5. The Morgan fingerprint density at radius 1 is 1.40 bits per heavy atom. The summed E-state index contributed by atoms with van der Waals surface area (Å²) in [7, 11) is 1.34. The number of methoxy groups -OCH3 is 1. The number of ether oxygens (including phenoxy) is 2. The minimum absolute atomic E-state index is 0.134. The van der Waals surface area contributed by atoms with E-state index in [4.69, 9.17) is 4.74 Å². The Morgan fingerprint density at radius 3 is 2.80 bits per heavy atom. The van der Waals surface area contributed by atoms with Crippen molar-refractivity contribution in [2.24, 2.45) is 4.99 Å². The number of esters is 2. The van der Waals surface area contributed by atoms with Crippen LogP contribution in [0, 0.1) is 0 Å². The Bertz CT molecular complexity index is 733. The molecule has 0 aliphatic carbocycles. The number of carbonyl (C=O) groups excluding carboxylic acids is 2. The van der Waals surface area contributed by atoms with Crippen molar-refractivity contribution in [1.82, 2.24) is 5.32 Å². The molecule has 8 heteroatoms. The van der Waals surface area contributed by atoms with E-state index < -0.39 is 12.0 Å². The largest absolute Gasteiger partial charge is 0.468 e. The molecule has 1 aromatic rings. The SMILES string of the molecule is CCOC(=O)C1=C(C)NC(SCC(=O)OC)=N[C@H]1c1cccc(Br)c1. The van der Waals surface area contributed by atoms with E-state index in [0.717, 1.165) is 10.0 Å². The fraction of sp³-hybridized carbons (Fsp3) is 0.353. The molecule has 1 heterocycles. The molecular formula is C17H19BrN2O4S. The molecule has 1 aliphatic heterocycles. The van der Waals surface area contributed by atoms with Crippen molar-refractivity contribution in [1.29, 1.82) is 0 Å². The number of allylic oxidation sites excluding steroid dienone is 1. The molecule has 0 amide bonds. The smallest absolute Gasteiger partial charge is 0.338 e. The minimum atomic E-state index is -0.502. The van der Waals surface area contributed by atoms with Crippen LogP contribution in [0.4, 0.5) is 0 Å². The molecular weight excluding hydrogens is 408 g/mol. The first-order chi connectivity index (χ1) is 12.0. The quantitative estimate of drug-likeness (QED) is 0.728. The Balaban J connectivity index is 2.36. The van der Waals surface area contributed by atoms with Gasteiger partial charge in [-0.15, -0.1) is 0 Å². The van der Waals surface area contributed by atoms with Crippen LogP contribution in [0.2, 0.25) is 0 Å². The molecule has 1 N–H and O–H groups in total. The molecule has 2 rings (SSSR count). The highest BCUT2D eigenvalue weighted by Crippen LogP contribution is 2.34. The lowest BCUT2D eigenvalue weighted by molar-refractivity contribution is -0.139. The van der Waals surface area contributed by atoms with Crippen molar-refractivity contribution in [3.8, 4) is 0 Å². The summed E-state index contributed by atoms with van der Waals surface area (Å²) >= 11 is 4.67. The number of carbonyl (C=O) groups is 2. The van der Waals surface area contributed by atoms with Crippen molar-refractivity contribution in [3.63, 3.8) is 0 Å². The van der Waals surface area contributed by atoms with Crippen molar-refractivity contribution in [3.05, 3.63) is 45.6 Å². The molecule has 0 bridgehead atoms. The second-order valence-corrected chi connectivity index (χ2v) is 7.02. The van der Waals surface area contributed by atoms with Crippen LogP contribution in [-0.2, 0) is 19.1 Å². The summed E-state index contributed by atoms with van der Waals surface area (Å²) in [4.78, 5) is 28.4. The molecule has 25 heavy (non-hydrogen) atoms. The van der Waals surface area contributed by atoms with Gasteiger partial charge in [0.2, 0.25) is 0 Å². The van der Waals surface area contributed by atoms with Gasteiger partial charge in [-0.2, -0.15) is 0 Å². The van der Waals surface area contributed by atoms with Crippen LogP contribution in [-0.4, -0.2) is 36.6 Å². The number of halogens is 1. The second kappa shape index (κ2) is 9.05. The summed E-state index contributed by atoms with van der Waals surface area (Å²) < 4.78 is 10.7. The third-order valence-corrected chi connectivity index (χ3v) is 4.79. The zero-order valence-electron chi connectivity index (χ0n) is 14.2. The molecule has 0 fully saturated rings. The van der Waals surface area contributed by atoms with Crippen LogP contribution in [0.15, 0.2) is 45.0 Å². The van der Waals surface area contributed by atoms with E-state index in [1.807, 2.05) is 24.3 Å². The van der Waals surface area contributed by atoms with Crippen molar-refractivity contribution >= 4 is 44.8 Å². The van der Waals surface area contributed by atoms with Gasteiger partial charge in [0.15, 0.2) is 5.17 Å². The van der Waals surface area contributed by atoms with E-state index in [0.29, 0.717) is 16.4 Å². The predicted molar refractivity (Wildman–Crippen MR) is 101 cm³/mol. The van der Waals surface area contributed by atoms with Gasteiger partial charge in [-0.25, -0.2) is 9.79 Å². The fourth-order valence-electron chi connectivity index (χ4n) is 2.30. The zero-order valence-corrected chi connectivity index (χ0v) is 16.6. The molecule has 1 aromatic carbocycles. The normalized spacial score (nSPS) is 16.8. The van der Waals surface area contributed by atoms with Gasteiger partial charge in [0.05, 0.1) is 25.0 Å². The highest BCUT2D eigenvalue weighted by Gasteiger charge is 2.30. The third-order valence-electron chi connectivity index (χ3n) is 3.43. The average molecular weight is 427 g/mol. The van der Waals surface area contributed by atoms with E-state index in [1.54, 1.807) is 13.8 Å². The number of aliphatic imine (C=N–C) groups is 1. The van der Waals surface area contributed by atoms with Crippen molar-refractivity contribution in [2.45, 2.75) is 19.9 Å². The van der Waals surface area contributed by atoms with Crippen LogP contribution in [0.3, 0.4) is 0 Å². The van der Waals surface area contributed by atoms with Crippen LogP contribution in [0.5, 0.6) is 0 Å². The maximum atomic E-state index is 12.4. The van der Waals surface area contributed by atoms with Crippen LogP contribution < -0.4 is 5.32 Å². The topological polar surface area (TPSA) is 77.0 Å². The van der Waals surface area contributed by atoms with Gasteiger partial charge < -0.3 is 14.8 Å². The van der Waals surface area contributed by atoms with E-state index in [-0.39, 0.29) is 18.3 Å². The van der Waals surface area contributed by atoms with Crippen molar-refractivity contribution in [2.75, 3.05) is 19.5 Å². The molecule has 6 nitrogen and oxygen atoms in total. The zero-order chi connectivity index (χ0) is 18.4. The van der Waals surface area contributed by atoms with Gasteiger partial charge >= 0.3 is 11.9 Å². The number of nitrogens with one attached hydrogen (secondary N) is 1. The molecule has 0 aromatic heterocycles. The summed E-state index contributed by atoms with van der Waals surface area (Å²) in [6, 6.07) is 7.10. The lowest BCUT2D eigenvalue weighted by Gasteiger charge is -2.25. The summed E-state index contributed by atoms with van der Waals surface area (Å²) in [5.41, 5.74) is 1.97. The van der Waals surface area contributed by atoms with E-state index in [9.17, 15) is 9.59 Å². The highest BCUT2D eigenvalue weighted by molar-refractivity contribution is 9.10. The van der Waals surface area contributed by atoms with Gasteiger partial charge in [-0.05, 0) is 31.5 Å². The summed E-state index contributed by atoms with van der Waals surface area (Å²) in [5, 5.41) is 3.63. The highest BCUT2D eigenvalue weighted by atomic mass is 79.9. The van der Waals surface area contributed by atoms with Crippen molar-refractivity contribution < 1.29 is 19.1 Å². The van der Waals surface area contributed by atoms with Gasteiger partial charge in [-0.3, -0.25) is 4.79 Å². The summed E-state index contributed by atoms with van der Waals surface area (Å²) in [6.07, 6.45) is 0. The number of nitrogens with zero attached hydrogens (tertiary/aromatic N) is 1. The Labute approximate surface area is 159 Å². The molecule has 0 spiro atoms. The van der Waals surface area contributed by atoms with Gasteiger partial charge in [0, 0.05) is 10.2 Å². The van der Waals surface area contributed by atoms with Crippen LogP contribution in [0.25, 0.3) is 0 Å². The standard InChI is InChI=1S/C17H19BrN2O4S/c1-4-24-16(22)14-10(2)19-17(25-9-13(21)23-3)20-15(14)11-6-5-7-12(18)8-11/h5-8,15H,4,9H2,1-3H3,(H,19,20)/t15-/m0/s1. The monoisotopic (exact) mass is 426 g/mol. The molecule has 0 saturated carbocycles. The first-order valence-electron chi connectivity index (χ1n) is 7.64. The number of benzene rings is 1. The first-order valence-corrected chi connectivity index (χ1v) is 9.41. The lowest BCUT2D eigenvalue weighted by atomic mass is 9.97. The van der Waals surface area contributed by atoms with E-state index in [1.165, 1.54) is 18.9 Å². The molecule has 1 aliphatic rings. The Morgan fingerprint density at radius 2 is 2.16 bits per heavy atom. The Kier molecular flexibility index (Phi) is 7.07. The maximum Gasteiger partial charge on any atom is 0.338 e. The number of amidine groups is 1. The van der Waals surface area contributed by atoms with Gasteiger partial charge in [0.1, 0.15) is 6.04 Å². The number of hydrogen-bond donors (Lipinski definition) is 1. The minimum Gasteiger partial charge on any atom is -0.468 e. The van der Waals surface area contributed by atoms with Gasteiger partial charge in [-0.1, -0.05) is 39.8 Å².